The average Bonchev–Trinajstić information content (AvgIpc) is 3.17. The van der Waals surface area contributed by atoms with Crippen molar-refractivity contribution in [2.24, 2.45) is 0 Å². The van der Waals surface area contributed by atoms with E-state index in [-0.39, 0.29) is 11.5 Å². The molecular weight excluding hydrogens is 412 g/mol. The molecule has 0 saturated carbocycles. The molecule has 0 saturated heterocycles. The number of H-pyrrole nitrogens is 1. The molecule has 6 nitrogen and oxygen atoms in total. The highest BCUT2D eigenvalue weighted by molar-refractivity contribution is 6.31. The summed E-state index contributed by atoms with van der Waals surface area (Å²) >= 11 is 6.08. The molecule has 160 valence electrons. The van der Waals surface area contributed by atoms with Crippen LogP contribution in [-0.4, -0.2) is 27.0 Å². The molecule has 0 radical (unpaired) electrons. The molecule has 2 aromatic carbocycles. The van der Waals surface area contributed by atoms with E-state index < -0.39 is 0 Å². The largest absolute Gasteiger partial charge is 0.361 e. The van der Waals surface area contributed by atoms with Crippen molar-refractivity contribution in [1.82, 2.24) is 19.9 Å². The first-order valence-corrected chi connectivity index (χ1v) is 11.0. The van der Waals surface area contributed by atoms with E-state index in [1.54, 1.807) is 17.0 Å². The molecular formula is C24H25ClN4O2. The number of carbonyl (C=O) groups is 1. The number of unbranched alkanes of at least 4 members (excludes halogenated alkanes) is 2. The molecule has 2 N–H and O–H groups in total. The third-order valence-corrected chi connectivity index (χ3v) is 5.72. The first kappa shape index (κ1) is 21.1. The zero-order valence-electron chi connectivity index (χ0n) is 17.2. The maximum absolute atomic E-state index is 12.5. The Labute approximate surface area is 185 Å². The highest BCUT2D eigenvalue weighted by Gasteiger charge is 2.07. The van der Waals surface area contributed by atoms with Crippen molar-refractivity contribution in [3.63, 3.8) is 0 Å². The number of amides is 1. The van der Waals surface area contributed by atoms with Crippen molar-refractivity contribution in [2.75, 3.05) is 6.54 Å². The van der Waals surface area contributed by atoms with E-state index in [4.69, 9.17) is 11.6 Å². The van der Waals surface area contributed by atoms with E-state index in [9.17, 15) is 9.59 Å². The molecule has 31 heavy (non-hydrogen) atoms. The molecule has 1 amide bonds. The summed E-state index contributed by atoms with van der Waals surface area (Å²) < 4.78 is 1.65. The SMILES string of the molecule is O=C(CCCCCn1cnc2ccccc2c1=O)NCCc1c[nH]c2ccc(Cl)cc12. The minimum atomic E-state index is -0.0121. The summed E-state index contributed by atoms with van der Waals surface area (Å²) in [5, 5.41) is 5.43. The number of aryl methyl sites for hydroxylation is 1. The van der Waals surface area contributed by atoms with Crippen molar-refractivity contribution in [3.05, 3.63) is 75.9 Å². The Morgan fingerprint density at radius 1 is 1.10 bits per heavy atom. The predicted molar refractivity (Wildman–Crippen MR) is 124 cm³/mol. The minimum absolute atomic E-state index is 0.0121. The van der Waals surface area contributed by atoms with Gasteiger partial charge in [0.05, 0.1) is 17.2 Å². The Balaban J connectivity index is 1.17. The quantitative estimate of drug-likeness (QED) is 0.380. The Bertz CT molecular complexity index is 1260. The third-order valence-electron chi connectivity index (χ3n) is 5.48. The molecule has 0 fully saturated rings. The lowest BCUT2D eigenvalue weighted by molar-refractivity contribution is -0.121. The number of nitrogens with one attached hydrogen (secondary N) is 2. The molecule has 4 rings (SSSR count). The van der Waals surface area contributed by atoms with Gasteiger partial charge in [0, 0.05) is 41.6 Å². The van der Waals surface area contributed by atoms with Crippen molar-refractivity contribution >= 4 is 39.3 Å². The van der Waals surface area contributed by atoms with E-state index in [0.29, 0.717) is 29.9 Å². The second-order valence-electron chi connectivity index (χ2n) is 7.67. The monoisotopic (exact) mass is 436 g/mol. The van der Waals surface area contributed by atoms with Crippen LogP contribution in [0.5, 0.6) is 0 Å². The molecule has 7 heteroatoms. The van der Waals surface area contributed by atoms with Crippen LogP contribution in [-0.2, 0) is 17.8 Å². The molecule has 0 bridgehead atoms. The van der Waals surface area contributed by atoms with Gasteiger partial charge in [0.15, 0.2) is 0 Å². The Morgan fingerprint density at radius 2 is 1.97 bits per heavy atom. The fourth-order valence-electron chi connectivity index (χ4n) is 3.79. The van der Waals surface area contributed by atoms with Gasteiger partial charge in [0.1, 0.15) is 0 Å². The number of halogens is 1. The van der Waals surface area contributed by atoms with Gasteiger partial charge in [-0.2, -0.15) is 0 Å². The number of benzene rings is 2. The van der Waals surface area contributed by atoms with Gasteiger partial charge in [-0.1, -0.05) is 30.2 Å². The third kappa shape index (κ3) is 5.14. The van der Waals surface area contributed by atoms with Crippen LogP contribution < -0.4 is 10.9 Å². The average molecular weight is 437 g/mol. The highest BCUT2D eigenvalue weighted by Crippen LogP contribution is 2.22. The van der Waals surface area contributed by atoms with E-state index in [0.717, 1.165) is 47.7 Å². The van der Waals surface area contributed by atoms with Gasteiger partial charge in [-0.05, 0) is 55.2 Å². The van der Waals surface area contributed by atoms with Gasteiger partial charge in [0.2, 0.25) is 5.91 Å². The number of carbonyl (C=O) groups excluding carboxylic acids is 1. The van der Waals surface area contributed by atoms with E-state index in [2.05, 4.69) is 15.3 Å². The second kappa shape index (κ2) is 9.79. The number of hydrogen-bond acceptors (Lipinski definition) is 3. The van der Waals surface area contributed by atoms with Gasteiger partial charge in [0.25, 0.3) is 5.56 Å². The topological polar surface area (TPSA) is 79.8 Å². The second-order valence-corrected chi connectivity index (χ2v) is 8.11. The van der Waals surface area contributed by atoms with Crippen molar-refractivity contribution < 1.29 is 4.79 Å². The summed E-state index contributed by atoms with van der Waals surface area (Å²) in [4.78, 5) is 32.1. The normalized spacial score (nSPS) is 11.3. The summed E-state index contributed by atoms with van der Waals surface area (Å²) in [7, 11) is 0. The van der Waals surface area contributed by atoms with Crippen LogP contribution in [0.4, 0.5) is 0 Å². The van der Waals surface area contributed by atoms with Gasteiger partial charge < -0.3 is 10.3 Å². The standard InChI is InChI=1S/C24H25ClN4O2/c25-18-9-10-22-20(14-18)17(15-27-22)11-12-26-23(30)8-2-1-5-13-29-16-28-21-7-4-3-6-19(21)24(29)31/h3-4,6-7,9-10,14-16,27H,1-2,5,8,11-13H2,(H,26,30). The lowest BCUT2D eigenvalue weighted by atomic mass is 10.1. The summed E-state index contributed by atoms with van der Waals surface area (Å²) in [6, 6.07) is 13.1. The minimum Gasteiger partial charge on any atom is -0.361 e. The van der Waals surface area contributed by atoms with E-state index in [1.165, 1.54) is 0 Å². The van der Waals surface area contributed by atoms with Gasteiger partial charge >= 0.3 is 0 Å². The number of fused-ring (bicyclic) bond motifs is 2. The van der Waals surface area contributed by atoms with Crippen LogP contribution in [0.1, 0.15) is 31.2 Å². The Kier molecular flexibility index (Phi) is 6.67. The molecule has 0 aliphatic rings. The number of nitrogens with zero attached hydrogens (tertiary/aromatic N) is 2. The van der Waals surface area contributed by atoms with Gasteiger partial charge in [-0.3, -0.25) is 14.2 Å². The van der Waals surface area contributed by atoms with Crippen LogP contribution in [0.2, 0.25) is 5.02 Å². The molecule has 2 aromatic heterocycles. The van der Waals surface area contributed by atoms with Crippen molar-refractivity contribution in [1.29, 1.82) is 0 Å². The summed E-state index contributed by atoms with van der Waals surface area (Å²) in [6.07, 6.45) is 7.34. The highest BCUT2D eigenvalue weighted by atomic mass is 35.5. The number of hydrogen-bond donors (Lipinski definition) is 2. The zero-order chi connectivity index (χ0) is 21.6. The molecule has 0 aliphatic heterocycles. The van der Waals surface area contributed by atoms with Crippen LogP contribution >= 0.6 is 11.6 Å². The van der Waals surface area contributed by atoms with Crippen LogP contribution in [0.3, 0.4) is 0 Å². The van der Waals surface area contributed by atoms with Crippen LogP contribution in [0.25, 0.3) is 21.8 Å². The van der Waals surface area contributed by atoms with E-state index >= 15 is 0 Å². The Hall–Kier alpha value is -3.12. The summed E-state index contributed by atoms with van der Waals surface area (Å²) in [6.45, 7) is 1.21. The zero-order valence-corrected chi connectivity index (χ0v) is 18.0. The van der Waals surface area contributed by atoms with Crippen molar-refractivity contribution in [2.45, 2.75) is 38.6 Å². The van der Waals surface area contributed by atoms with Gasteiger partial charge in [-0.15, -0.1) is 0 Å². The number of aromatic nitrogens is 3. The summed E-state index contributed by atoms with van der Waals surface area (Å²) in [5.74, 6) is 0.0578. The smallest absolute Gasteiger partial charge is 0.261 e. The first-order chi connectivity index (χ1) is 15.1. The number of rotatable bonds is 9. The first-order valence-electron chi connectivity index (χ1n) is 10.6. The molecule has 4 aromatic rings. The fraction of sp³-hybridized carbons (Fsp3) is 0.292. The van der Waals surface area contributed by atoms with Crippen LogP contribution in [0.15, 0.2) is 59.8 Å². The fourth-order valence-corrected chi connectivity index (χ4v) is 3.96. The van der Waals surface area contributed by atoms with Gasteiger partial charge in [-0.25, -0.2) is 4.98 Å². The summed E-state index contributed by atoms with van der Waals surface area (Å²) in [5.41, 5.74) is 2.90. The molecule has 0 atom stereocenters. The predicted octanol–water partition coefficient (Wildman–Crippen LogP) is 4.45. The lowest BCUT2D eigenvalue weighted by Crippen LogP contribution is -2.25. The number of para-hydroxylation sites is 1. The molecule has 2 heterocycles. The van der Waals surface area contributed by atoms with E-state index in [1.807, 2.05) is 42.6 Å². The van der Waals surface area contributed by atoms with Crippen LogP contribution in [0, 0.1) is 0 Å². The maximum Gasteiger partial charge on any atom is 0.261 e. The number of aromatic amines is 1. The molecule has 0 aliphatic carbocycles. The Morgan fingerprint density at radius 3 is 2.87 bits per heavy atom. The maximum atomic E-state index is 12.5. The molecule has 0 unspecified atom stereocenters. The molecule has 0 spiro atoms. The lowest BCUT2D eigenvalue weighted by Gasteiger charge is -2.07. The van der Waals surface area contributed by atoms with Crippen molar-refractivity contribution in [3.8, 4) is 0 Å².